The van der Waals surface area contributed by atoms with Crippen molar-refractivity contribution < 1.29 is 19.5 Å². The molecule has 1 aliphatic rings. The van der Waals surface area contributed by atoms with Crippen LogP contribution in [-0.4, -0.2) is 47.3 Å². The minimum atomic E-state index is -0.252. The molecule has 0 radical (unpaired) electrons. The maximum atomic E-state index is 12.7. The Kier molecular flexibility index (Phi) is 6.95. The third kappa shape index (κ3) is 5.27. The summed E-state index contributed by atoms with van der Waals surface area (Å²) in [6, 6.07) is 10.4. The Labute approximate surface area is 168 Å². The number of nitrogens with one attached hydrogen (secondary N) is 1. The number of hydrogen-bond acceptors (Lipinski definition) is 5. The van der Waals surface area contributed by atoms with E-state index in [4.69, 9.17) is 0 Å². The standard InChI is InChI=1S/C21H24N2O4S/c24-14-15-8-10-23(11-9-15)21(27)16-3-1-4-17(13-16)22-20(26)7-6-18(25)19-5-2-12-28-19/h1-5,12-13,15,24H,6-11,14H2,(H,22,26). The number of carbonyl (C=O) groups excluding carboxylic acids is 3. The fraction of sp³-hybridized carbons (Fsp3) is 0.381. The molecule has 28 heavy (non-hydrogen) atoms. The number of aliphatic hydroxyl groups excluding tert-OH is 1. The van der Waals surface area contributed by atoms with E-state index in [0.717, 1.165) is 12.8 Å². The summed E-state index contributed by atoms with van der Waals surface area (Å²) < 4.78 is 0. The first-order chi connectivity index (χ1) is 13.6. The smallest absolute Gasteiger partial charge is 0.253 e. The molecule has 148 valence electrons. The van der Waals surface area contributed by atoms with Gasteiger partial charge in [-0.25, -0.2) is 0 Å². The van der Waals surface area contributed by atoms with Crippen LogP contribution in [0.1, 0.15) is 45.7 Å². The number of Topliss-reactive ketones (excluding diaryl/α,β-unsaturated/α-hetero) is 1. The van der Waals surface area contributed by atoms with Crippen molar-refractivity contribution in [1.29, 1.82) is 0 Å². The van der Waals surface area contributed by atoms with Crippen LogP contribution in [0.4, 0.5) is 5.69 Å². The number of benzene rings is 1. The van der Waals surface area contributed by atoms with Crippen molar-refractivity contribution in [3.63, 3.8) is 0 Å². The van der Waals surface area contributed by atoms with Crippen LogP contribution in [0.15, 0.2) is 41.8 Å². The second-order valence-electron chi connectivity index (χ2n) is 6.95. The number of thiophene rings is 1. The van der Waals surface area contributed by atoms with Crippen molar-refractivity contribution in [3.8, 4) is 0 Å². The van der Waals surface area contributed by atoms with Gasteiger partial charge in [-0.3, -0.25) is 14.4 Å². The first-order valence-corrected chi connectivity index (χ1v) is 10.3. The number of amides is 2. The van der Waals surface area contributed by atoms with Gasteiger partial charge in [-0.1, -0.05) is 12.1 Å². The van der Waals surface area contributed by atoms with Crippen LogP contribution < -0.4 is 5.32 Å². The summed E-state index contributed by atoms with van der Waals surface area (Å²) in [5.41, 5.74) is 1.07. The van der Waals surface area contributed by atoms with Crippen LogP contribution in [0, 0.1) is 5.92 Å². The van der Waals surface area contributed by atoms with Crippen LogP contribution in [0.5, 0.6) is 0 Å². The topological polar surface area (TPSA) is 86.7 Å². The Bertz CT molecular complexity index is 827. The fourth-order valence-corrected chi connectivity index (χ4v) is 3.94. The summed E-state index contributed by atoms with van der Waals surface area (Å²) >= 11 is 1.37. The molecule has 1 aromatic carbocycles. The number of nitrogens with zero attached hydrogens (tertiary/aromatic N) is 1. The second kappa shape index (κ2) is 9.61. The van der Waals surface area contributed by atoms with Crippen molar-refractivity contribution in [1.82, 2.24) is 4.90 Å². The zero-order valence-corrected chi connectivity index (χ0v) is 16.4. The van der Waals surface area contributed by atoms with Crippen molar-refractivity contribution in [3.05, 3.63) is 52.2 Å². The van der Waals surface area contributed by atoms with Crippen molar-refractivity contribution in [2.45, 2.75) is 25.7 Å². The Balaban J connectivity index is 1.53. The van der Waals surface area contributed by atoms with Crippen LogP contribution >= 0.6 is 11.3 Å². The SMILES string of the molecule is O=C(CCC(=O)c1cccs1)Nc1cccc(C(=O)N2CCC(CO)CC2)c1. The largest absolute Gasteiger partial charge is 0.396 e. The van der Waals surface area contributed by atoms with Gasteiger partial charge in [0.2, 0.25) is 5.91 Å². The summed E-state index contributed by atoms with van der Waals surface area (Å²) in [5, 5.41) is 13.8. The van der Waals surface area contributed by atoms with Gasteiger partial charge in [0, 0.05) is 43.8 Å². The first kappa shape index (κ1) is 20.2. The van der Waals surface area contributed by atoms with E-state index in [1.54, 1.807) is 35.2 Å². The molecule has 6 nitrogen and oxygen atoms in total. The number of anilines is 1. The lowest BCUT2D eigenvalue weighted by Gasteiger charge is -2.31. The molecule has 1 aliphatic heterocycles. The molecule has 1 aromatic heterocycles. The molecule has 2 amide bonds. The lowest BCUT2D eigenvalue weighted by molar-refractivity contribution is -0.116. The summed E-state index contributed by atoms with van der Waals surface area (Å²) in [5.74, 6) is -0.0921. The zero-order chi connectivity index (χ0) is 19.9. The van der Waals surface area contributed by atoms with E-state index in [2.05, 4.69) is 5.32 Å². The summed E-state index contributed by atoms with van der Waals surface area (Å²) in [6.45, 7) is 1.43. The van der Waals surface area contributed by atoms with Crippen LogP contribution in [0.25, 0.3) is 0 Å². The lowest BCUT2D eigenvalue weighted by Crippen LogP contribution is -2.39. The Morgan fingerprint density at radius 3 is 2.57 bits per heavy atom. The van der Waals surface area contributed by atoms with Gasteiger partial charge in [-0.05, 0) is 48.4 Å². The molecule has 0 atom stereocenters. The molecule has 3 rings (SSSR count). The molecule has 2 N–H and O–H groups in total. The molecule has 7 heteroatoms. The minimum absolute atomic E-state index is 0.0413. The maximum Gasteiger partial charge on any atom is 0.253 e. The highest BCUT2D eigenvalue weighted by Gasteiger charge is 2.23. The maximum absolute atomic E-state index is 12.7. The number of piperidine rings is 1. The molecule has 0 unspecified atom stereocenters. The summed E-state index contributed by atoms with van der Waals surface area (Å²) in [7, 11) is 0. The minimum Gasteiger partial charge on any atom is -0.396 e. The number of ketones is 1. The van der Waals surface area contributed by atoms with E-state index in [-0.39, 0.29) is 43.0 Å². The van der Waals surface area contributed by atoms with Gasteiger partial charge in [-0.2, -0.15) is 0 Å². The summed E-state index contributed by atoms with van der Waals surface area (Å²) in [4.78, 5) is 39.3. The molecule has 0 bridgehead atoms. The highest BCUT2D eigenvalue weighted by molar-refractivity contribution is 7.12. The number of carbonyl (C=O) groups is 3. The van der Waals surface area contributed by atoms with E-state index in [0.29, 0.717) is 29.2 Å². The van der Waals surface area contributed by atoms with E-state index in [1.165, 1.54) is 11.3 Å². The van der Waals surface area contributed by atoms with E-state index in [9.17, 15) is 19.5 Å². The number of aliphatic hydroxyl groups is 1. The Hall–Kier alpha value is -2.51. The van der Waals surface area contributed by atoms with Crippen LogP contribution in [0.3, 0.4) is 0 Å². The van der Waals surface area contributed by atoms with Gasteiger partial charge in [-0.15, -0.1) is 11.3 Å². The van der Waals surface area contributed by atoms with Crippen molar-refractivity contribution in [2.24, 2.45) is 5.92 Å². The van der Waals surface area contributed by atoms with Gasteiger partial charge >= 0.3 is 0 Å². The van der Waals surface area contributed by atoms with Crippen molar-refractivity contribution in [2.75, 3.05) is 25.0 Å². The van der Waals surface area contributed by atoms with Gasteiger partial charge < -0.3 is 15.3 Å². The second-order valence-corrected chi connectivity index (χ2v) is 7.90. The Morgan fingerprint density at radius 2 is 1.89 bits per heavy atom. The quantitative estimate of drug-likeness (QED) is 0.699. The molecule has 2 aromatic rings. The highest BCUT2D eigenvalue weighted by atomic mass is 32.1. The number of hydrogen-bond donors (Lipinski definition) is 2. The van der Waals surface area contributed by atoms with E-state index < -0.39 is 0 Å². The van der Waals surface area contributed by atoms with Crippen LogP contribution in [-0.2, 0) is 4.79 Å². The lowest BCUT2D eigenvalue weighted by atomic mass is 9.97. The predicted molar refractivity (Wildman–Crippen MR) is 109 cm³/mol. The predicted octanol–water partition coefficient (Wildman–Crippen LogP) is 3.19. The average molecular weight is 401 g/mol. The van der Waals surface area contributed by atoms with Crippen molar-refractivity contribution >= 4 is 34.6 Å². The van der Waals surface area contributed by atoms with Gasteiger partial charge in [0.1, 0.15) is 0 Å². The van der Waals surface area contributed by atoms with Gasteiger partial charge in [0.05, 0.1) is 4.88 Å². The fourth-order valence-electron chi connectivity index (χ4n) is 3.24. The summed E-state index contributed by atoms with van der Waals surface area (Å²) in [6.07, 6.45) is 1.86. The molecule has 1 fully saturated rings. The van der Waals surface area contributed by atoms with Gasteiger partial charge in [0.25, 0.3) is 5.91 Å². The molecule has 0 saturated carbocycles. The average Bonchev–Trinajstić information content (AvgIpc) is 3.27. The molecule has 0 spiro atoms. The third-order valence-corrected chi connectivity index (χ3v) is 5.84. The van der Waals surface area contributed by atoms with Gasteiger partial charge in [0.15, 0.2) is 5.78 Å². The zero-order valence-electron chi connectivity index (χ0n) is 15.6. The highest BCUT2D eigenvalue weighted by Crippen LogP contribution is 2.20. The van der Waals surface area contributed by atoms with E-state index in [1.807, 2.05) is 11.4 Å². The molecular formula is C21H24N2O4S. The molecule has 2 heterocycles. The van der Waals surface area contributed by atoms with E-state index >= 15 is 0 Å². The normalized spacial score (nSPS) is 14.7. The monoisotopic (exact) mass is 400 g/mol. The number of likely N-dealkylation sites (tertiary alicyclic amines) is 1. The molecular weight excluding hydrogens is 376 g/mol. The first-order valence-electron chi connectivity index (χ1n) is 9.43. The number of rotatable bonds is 7. The molecule has 1 saturated heterocycles. The molecule has 0 aliphatic carbocycles. The van der Waals surface area contributed by atoms with Crippen LogP contribution in [0.2, 0.25) is 0 Å². The Morgan fingerprint density at radius 1 is 1.11 bits per heavy atom. The third-order valence-electron chi connectivity index (χ3n) is 4.93.